The van der Waals surface area contributed by atoms with E-state index in [1.54, 1.807) is 7.11 Å². The topological polar surface area (TPSA) is 38.2 Å². The minimum absolute atomic E-state index is 0.301. The zero-order valence-electron chi connectivity index (χ0n) is 10.4. The molecule has 0 bridgehead atoms. The Morgan fingerprint density at radius 3 is 3.17 bits per heavy atom. The molecule has 0 aromatic carbocycles. The first kappa shape index (κ1) is 12.5. The van der Waals surface area contributed by atoms with Gasteiger partial charge in [-0.05, 0) is 24.4 Å². The van der Waals surface area contributed by atoms with Crippen molar-refractivity contribution < 1.29 is 4.74 Å². The minimum atomic E-state index is 0.301. The van der Waals surface area contributed by atoms with E-state index in [4.69, 9.17) is 16.3 Å². The summed E-state index contributed by atoms with van der Waals surface area (Å²) in [6, 6.07) is 0. The highest BCUT2D eigenvalue weighted by Crippen LogP contribution is 2.38. The number of aromatic nitrogens is 2. The number of aryl methyl sites for hydroxylation is 1. The molecule has 0 radical (unpaired) electrons. The van der Waals surface area contributed by atoms with Crippen molar-refractivity contribution in [1.82, 2.24) is 9.97 Å². The highest BCUT2D eigenvalue weighted by molar-refractivity contribution is 7.99. The summed E-state index contributed by atoms with van der Waals surface area (Å²) < 4.78 is 5.47. The second kappa shape index (κ2) is 5.23. The van der Waals surface area contributed by atoms with E-state index in [0.717, 1.165) is 49.6 Å². The number of anilines is 1. The minimum Gasteiger partial charge on any atom is -0.380 e. The summed E-state index contributed by atoms with van der Waals surface area (Å²) in [5, 5.41) is 0.366. The fraction of sp³-hybridized carbons (Fsp3) is 0.667. The van der Waals surface area contributed by atoms with E-state index >= 15 is 0 Å². The molecule has 0 spiro atoms. The van der Waals surface area contributed by atoms with Gasteiger partial charge in [0.05, 0.1) is 16.7 Å². The molecule has 1 atom stereocenters. The predicted octanol–water partition coefficient (Wildman–Crippen LogP) is 2.39. The molecule has 1 aromatic rings. The van der Waals surface area contributed by atoms with Gasteiger partial charge in [0, 0.05) is 32.4 Å². The molecule has 4 nitrogen and oxygen atoms in total. The van der Waals surface area contributed by atoms with E-state index in [0.29, 0.717) is 11.4 Å². The van der Waals surface area contributed by atoms with Crippen LogP contribution in [-0.4, -0.2) is 42.0 Å². The Kier molecular flexibility index (Phi) is 3.63. The monoisotopic (exact) mass is 285 g/mol. The van der Waals surface area contributed by atoms with E-state index in [9.17, 15) is 0 Å². The van der Waals surface area contributed by atoms with Crippen LogP contribution in [0.3, 0.4) is 0 Å². The molecule has 18 heavy (non-hydrogen) atoms. The lowest BCUT2D eigenvalue weighted by Gasteiger charge is -2.33. The Morgan fingerprint density at radius 1 is 1.44 bits per heavy atom. The molecule has 2 aliphatic heterocycles. The van der Waals surface area contributed by atoms with Gasteiger partial charge in [0.1, 0.15) is 5.82 Å². The number of fused-ring (bicyclic) bond motifs is 1. The first-order chi connectivity index (χ1) is 8.78. The normalized spacial score (nSPS) is 23.2. The molecule has 1 saturated heterocycles. The van der Waals surface area contributed by atoms with Gasteiger partial charge in [-0.2, -0.15) is 4.98 Å². The summed E-state index contributed by atoms with van der Waals surface area (Å²) in [5.41, 5.74) is 1.11. The lowest BCUT2D eigenvalue weighted by atomic mass is 10.1. The maximum Gasteiger partial charge on any atom is 0.224 e. The maximum absolute atomic E-state index is 6.03. The molecule has 6 heteroatoms. The molecule has 1 unspecified atom stereocenters. The van der Waals surface area contributed by atoms with Gasteiger partial charge in [-0.25, -0.2) is 4.98 Å². The van der Waals surface area contributed by atoms with Crippen LogP contribution in [0.1, 0.15) is 18.5 Å². The zero-order chi connectivity index (χ0) is 12.5. The molecule has 0 N–H and O–H groups in total. The average Bonchev–Trinajstić information content (AvgIpc) is 2.85. The molecular weight excluding hydrogens is 270 g/mol. The standard InChI is InChI=1S/C12H16ClN3OS/c1-17-8-3-2-5-16(7-8)11-10-9(4-6-18-10)14-12(13)15-11/h8H,2-7H2,1H3. The van der Waals surface area contributed by atoms with Crippen LogP contribution in [0.4, 0.5) is 5.82 Å². The number of methoxy groups -OCH3 is 1. The number of rotatable bonds is 2. The fourth-order valence-electron chi connectivity index (χ4n) is 2.56. The molecule has 2 aliphatic rings. The summed E-state index contributed by atoms with van der Waals surface area (Å²) in [5.74, 6) is 2.09. The number of piperidine rings is 1. The number of ether oxygens (including phenoxy) is 1. The Balaban J connectivity index is 1.91. The first-order valence-electron chi connectivity index (χ1n) is 6.25. The van der Waals surface area contributed by atoms with Gasteiger partial charge >= 0.3 is 0 Å². The van der Waals surface area contributed by atoms with Gasteiger partial charge in [-0.1, -0.05) is 0 Å². The third-order valence-electron chi connectivity index (χ3n) is 3.49. The van der Waals surface area contributed by atoms with Gasteiger partial charge in [-0.15, -0.1) is 11.8 Å². The molecule has 1 fully saturated rings. The Morgan fingerprint density at radius 2 is 2.33 bits per heavy atom. The largest absolute Gasteiger partial charge is 0.380 e. The second-order valence-corrected chi connectivity index (χ2v) is 6.08. The number of hydrogen-bond donors (Lipinski definition) is 0. The smallest absolute Gasteiger partial charge is 0.224 e. The lowest BCUT2D eigenvalue weighted by molar-refractivity contribution is 0.0890. The van der Waals surface area contributed by atoms with E-state index in [1.165, 1.54) is 4.90 Å². The van der Waals surface area contributed by atoms with E-state index in [1.807, 2.05) is 11.8 Å². The zero-order valence-corrected chi connectivity index (χ0v) is 11.9. The lowest BCUT2D eigenvalue weighted by Crippen LogP contribution is -2.40. The Labute approximate surface area is 116 Å². The van der Waals surface area contributed by atoms with Crippen LogP contribution >= 0.6 is 23.4 Å². The summed E-state index contributed by atoms with van der Waals surface area (Å²) in [6.07, 6.45) is 3.56. The summed E-state index contributed by atoms with van der Waals surface area (Å²) >= 11 is 7.87. The van der Waals surface area contributed by atoms with Gasteiger partial charge in [-0.3, -0.25) is 0 Å². The van der Waals surface area contributed by atoms with Crippen molar-refractivity contribution in [3.05, 3.63) is 11.0 Å². The van der Waals surface area contributed by atoms with E-state index in [-0.39, 0.29) is 0 Å². The number of nitrogens with zero attached hydrogens (tertiary/aromatic N) is 3. The number of thioether (sulfide) groups is 1. The first-order valence-corrected chi connectivity index (χ1v) is 7.61. The molecule has 0 saturated carbocycles. The van der Waals surface area contributed by atoms with Gasteiger partial charge in [0.15, 0.2) is 0 Å². The van der Waals surface area contributed by atoms with Crippen molar-refractivity contribution >= 4 is 29.2 Å². The maximum atomic E-state index is 6.03. The molecule has 0 amide bonds. The molecule has 3 rings (SSSR count). The molecule has 98 valence electrons. The highest BCUT2D eigenvalue weighted by Gasteiger charge is 2.27. The molecular formula is C12H16ClN3OS. The summed E-state index contributed by atoms with van der Waals surface area (Å²) in [6.45, 7) is 1.93. The number of halogens is 1. The van der Waals surface area contributed by atoms with Gasteiger partial charge < -0.3 is 9.64 Å². The van der Waals surface area contributed by atoms with Crippen molar-refractivity contribution in [2.24, 2.45) is 0 Å². The van der Waals surface area contributed by atoms with Crippen LogP contribution in [0, 0.1) is 0 Å². The fourth-order valence-corrected chi connectivity index (χ4v) is 3.86. The van der Waals surface area contributed by atoms with Crippen LogP contribution < -0.4 is 4.90 Å². The average molecular weight is 286 g/mol. The Hall–Kier alpha value is -0.520. The van der Waals surface area contributed by atoms with Crippen molar-refractivity contribution in [1.29, 1.82) is 0 Å². The SMILES string of the molecule is COC1CCCN(c2nc(Cl)nc3c2SCC3)C1. The number of hydrogen-bond acceptors (Lipinski definition) is 5. The summed E-state index contributed by atoms with van der Waals surface area (Å²) in [7, 11) is 1.78. The quantitative estimate of drug-likeness (QED) is 0.780. The van der Waals surface area contributed by atoms with Crippen molar-refractivity contribution in [2.75, 3.05) is 30.9 Å². The second-order valence-electron chi connectivity index (χ2n) is 4.64. The van der Waals surface area contributed by atoms with Crippen LogP contribution in [0.2, 0.25) is 5.28 Å². The molecule has 1 aromatic heterocycles. The van der Waals surface area contributed by atoms with E-state index < -0.39 is 0 Å². The van der Waals surface area contributed by atoms with Gasteiger partial charge in [0.2, 0.25) is 5.28 Å². The van der Waals surface area contributed by atoms with Gasteiger partial charge in [0.25, 0.3) is 0 Å². The third kappa shape index (κ3) is 2.31. The van der Waals surface area contributed by atoms with Crippen LogP contribution in [-0.2, 0) is 11.2 Å². The molecule has 3 heterocycles. The predicted molar refractivity (Wildman–Crippen MR) is 73.7 cm³/mol. The molecule has 0 aliphatic carbocycles. The van der Waals surface area contributed by atoms with Crippen molar-refractivity contribution in [3.63, 3.8) is 0 Å². The third-order valence-corrected chi connectivity index (χ3v) is 4.77. The summed E-state index contributed by atoms with van der Waals surface area (Å²) in [4.78, 5) is 12.3. The van der Waals surface area contributed by atoms with Crippen LogP contribution in [0.25, 0.3) is 0 Å². The van der Waals surface area contributed by atoms with Crippen molar-refractivity contribution in [3.8, 4) is 0 Å². The highest BCUT2D eigenvalue weighted by atomic mass is 35.5. The van der Waals surface area contributed by atoms with Crippen LogP contribution in [0.5, 0.6) is 0 Å². The van der Waals surface area contributed by atoms with Crippen molar-refractivity contribution in [2.45, 2.75) is 30.3 Å². The van der Waals surface area contributed by atoms with Crippen LogP contribution in [0.15, 0.2) is 4.90 Å². The Bertz CT molecular complexity index is 457. The van der Waals surface area contributed by atoms with E-state index in [2.05, 4.69) is 14.9 Å².